The van der Waals surface area contributed by atoms with E-state index in [-0.39, 0.29) is 11.8 Å². The molecule has 1 saturated heterocycles. The molecule has 2 unspecified atom stereocenters. The number of carboxylic acids is 1. The molecule has 1 aromatic carbocycles. The number of aromatic hydroxyl groups is 1. The second kappa shape index (κ2) is 4.71. The first-order chi connectivity index (χ1) is 9.16. The highest BCUT2D eigenvalue weighted by Crippen LogP contribution is 2.39. The molecule has 0 radical (unpaired) electrons. The van der Waals surface area contributed by atoms with Crippen LogP contribution in [0.4, 0.5) is 0 Å². The minimum Gasteiger partial charge on any atom is -0.508 e. The van der Waals surface area contributed by atoms with Crippen molar-refractivity contribution >= 4 is 5.97 Å². The molecule has 0 saturated carbocycles. The maximum absolute atomic E-state index is 11.3. The van der Waals surface area contributed by atoms with Gasteiger partial charge in [-0.05, 0) is 12.1 Å². The summed E-state index contributed by atoms with van der Waals surface area (Å²) >= 11 is 0. The summed E-state index contributed by atoms with van der Waals surface area (Å²) in [6, 6.07) is 4.40. The predicted octanol–water partition coefficient (Wildman–Crippen LogP) is 0.184. The summed E-state index contributed by atoms with van der Waals surface area (Å²) in [7, 11) is 0. The lowest BCUT2D eigenvalue weighted by molar-refractivity contribution is -0.145. The molecule has 19 heavy (non-hydrogen) atoms. The third-order valence-electron chi connectivity index (χ3n) is 3.72. The summed E-state index contributed by atoms with van der Waals surface area (Å²) in [6.07, 6.45) is 0. The van der Waals surface area contributed by atoms with Crippen LogP contribution in [0.15, 0.2) is 18.2 Å². The Morgan fingerprint density at radius 3 is 3.11 bits per heavy atom. The van der Waals surface area contributed by atoms with Crippen molar-refractivity contribution in [3.63, 3.8) is 0 Å². The molecule has 6 nitrogen and oxygen atoms in total. The second-order valence-corrected chi connectivity index (χ2v) is 4.84. The lowest BCUT2D eigenvalue weighted by atomic mass is 10.0. The summed E-state index contributed by atoms with van der Waals surface area (Å²) in [5.74, 6) is -0.0124. The van der Waals surface area contributed by atoms with Crippen LogP contribution < -0.4 is 10.1 Å². The molecular weight excluding hydrogens is 248 g/mol. The fraction of sp³-hybridized carbons (Fsp3) is 0.462. The first-order valence-corrected chi connectivity index (χ1v) is 6.32. The van der Waals surface area contributed by atoms with E-state index in [1.165, 1.54) is 0 Å². The van der Waals surface area contributed by atoms with Crippen LogP contribution in [0, 0.1) is 0 Å². The number of hydrogen-bond acceptors (Lipinski definition) is 5. The molecule has 102 valence electrons. The van der Waals surface area contributed by atoms with Gasteiger partial charge in [0.2, 0.25) is 0 Å². The van der Waals surface area contributed by atoms with E-state index in [1.54, 1.807) is 12.1 Å². The van der Waals surface area contributed by atoms with E-state index in [4.69, 9.17) is 4.74 Å². The molecule has 2 aliphatic rings. The number of piperazine rings is 1. The number of nitrogens with zero attached hydrogens (tertiary/aromatic N) is 1. The quantitative estimate of drug-likeness (QED) is 0.707. The number of ether oxygens (including phenoxy) is 1. The zero-order valence-electron chi connectivity index (χ0n) is 10.4. The standard InChI is InChI=1S/C13H16N2O4/c16-8-1-2-9-11(7-19-12(9)5-8)15-4-3-14-6-10(15)13(17)18/h1-2,5,10-11,14,16H,3-4,6-7H2,(H,17,18). The number of aliphatic carboxylic acids is 1. The van der Waals surface area contributed by atoms with Crippen molar-refractivity contribution < 1.29 is 19.7 Å². The molecule has 3 N–H and O–H groups in total. The van der Waals surface area contributed by atoms with Gasteiger partial charge in [-0.25, -0.2) is 0 Å². The van der Waals surface area contributed by atoms with Crippen LogP contribution in [0.25, 0.3) is 0 Å². The third kappa shape index (κ3) is 2.13. The van der Waals surface area contributed by atoms with Crippen LogP contribution in [0.2, 0.25) is 0 Å². The van der Waals surface area contributed by atoms with E-state index in [2.05, 4.69) is 5.32 Å². The highest BCUT2D eigenvalue weighted by Gasteiger charge is 2.38. The summed E-state index contributed by atoms with van der Waals surface area (Å²) in [6.45, 7) is 2.32. The molecule has 2 atom stereocenters. The molecule has 0 bridgehead atoms. The molecule has 2 aliphatic heterocycles. The Kier molecular flexibility index (Phi) is 3.04. The monoisotopic (exact) mass is 264 g/mol. The SMILES string of the molecule is O=C(O)C1CNCCN1C1COc2cc(O)ccc21. The van der Waals surface area contributed by atoms with Crippen LogP contribution in [0.1, 0.15) is 11.6 Å². The van der Waals surface area contributed by atoms with Crippen molar-refractivity contribution in [3.05, 3.63) is 23.8 Å². The van der Waals surface area contributed by atoms with Gasteiger partial charge in [-0.3, -0.25) is 9.69 Å². The molecule has 0 aliphatic carbocycles. The molecule has 6 heteroatoms. The highest BCUT2D eigenvalue weighted by molar-refractivity contribution is 5.74. The van der Waals surface area contributed by atoms with Gasteiger partial charge in [-0.2, -0.15) is 0 Å². The average molecular weight is 264 g/mol. The number of nitrogens with one attached hydrogen (secondary N) is 1. The predicted molar refractivity (Wildman–Crippen MR) is 67.3 cm³/mol. The van der Waals surface area contributed by atoms with E-state index in [0.29, 0.717) is 25.4 Å². The van der Waals surface area contributed by atoms with E-state index in [1.807, 2.05) is 11.0 Å². The first kappa shape index (κ1) is 12.3. The van der Waals surface area contributed by atoms with Gasteiger partial charge in [0.1, 0.15) is 24.1 Å². The van der Waals surface area contributed by atoms with Gasteiger partial charge in [-0.1, -0.05) is 0 Å². The maximum Gasteiger partial charge on any atom is 0.322 e. The van der Waals surface area contributed by atoms with Crippen molar-refractivity contribution in [3.8, 4) is 11.5 Å². The van der Waals surface area contributed by atoms with Crippen molar-refractivity contribution in [2.75, 3.05) is 26.2 Å². The lowest BCUT2D eigenvalue weighted by Crippen LogP contribution is -2.56. The summed E-state index contributed by atoms with van der Waals surface area (Å²) < 4.78 is 5.56. The fourth-order valence-electron chi connectivity index (χ4n) is 2.78. The van der Waals surface area contributed by atoms with Gasteiger partial charge >= 0.3 is 5.97 Å². The number of phenols is 1. The Morgan fingerprint density at radius 2 is 2.32 bits per heavy atom. The van der Waals surface area contributed by atoms with Crippen LogP contribution >= 0.6 is 0 Å². The average Bonchev–Trinajstić information content (AvgIpc) is 2.81. The minimum atomic E-state index is -0.820. The number of phenolic OH excluding ortho intramolecular Hbond substituents is 1. The summed E-state index contributed by atoms with van der Waals surface area (Å²) in [5.41, 5.74) is 0.950. The van der Waals surface area contributed by atoms with Gasteiger partial charge < -0.3 is 20.3 Å². The fourth-order valence-corrected chi connectivity index (χ4v) is 2.78. The normalized spacial score (nSPS) is 26.7. The number of carboxylic acid groups (broad SMARTS) is 1. The van der Waals surface area contributed by atoms with Gasteiger partial charge in [0.15, 0.2) is 0 Å². The van der Waals surface area contributed by atoms with Crippen LogP contribution in [-0.2, 0) is 4.79 Å². The number of rotatable bonds is 2. The Bertz CT molecular complexity index is 505. The molecule has 0 amide bonds. The van der Waals surface area contributed by atoms with Crippen molar-refractivity contribution in [2.24, 2.45) is 0 Å². The molecule has 2 heterocycles. The Hall–Kier alpha value is -1.79. The van der Waals surface area contributed by atoms with Crippen molar-refractivity contribution in [1.82, 2.24) is 10.2 Å². The van der Waals surface area contributed by atoms with Crippen LogP contribution in [0.5, 0.6) is 11.5 Å². The molecule has 1 aromatic rings. The third-order valence-corrected chi connectivity index (χ3v) is 3.72. The van der Waals surface area contributed by atoms with E-state index in [9.17, 15) is 15.0 Å². The molecule has 3 rings (SSSR count). The zero-order valence-corrected chi connectivity index (χ0v) is 10.4. The minimum absolute atomic E-state index is 0.0567. The highest BCUT2D eigenvalue weighted by atomic mass is 16.5. The number of fused-ring (bicyclic) bond motifs is 1. The smallest absolute Gasteiger partial charge is 0.322 e. The van der Waals surface area contributed by atoms with Crippen LogP contribution in [-0.4, -0.2) is 53.4 Å². The molecular formula is C13H16N2O4. The largest absolute Gasteiger partial charge is 0.508 e. The summed E-state index contributed by atoms with van der Waals surface area (Å²) in [4.78, 5) is 13.3. The number of benzene rings is 1. The molecule has 0 aromatic heterocycles. The molecule has 1 fully saturated rings. The second-order valence-electron chi connectivity index (χ2n) is 4.84. The van der Waals surface area contributed by atoms with Gasteiger partial charge in [0.25, 0.3) is 0 Å². The van der Waals surface area contributed by atoms with Crippen LogP contribution in [0.3, 0.4) is 0 Å². The van der Waals surface area contributed by atoms with E-state index in [0.717, 1.165) is 12.1 Å². The van der Waals surface area contributed by atoms with Crippen molar-refractivity contribution in [1.29, 1.82) is 0 Å². The van der Waals surface area contributed by atoms with Gasteiger partial charge in [-0.15, -0.1) is 0 Å². The van der Waals surface area contributed by atoms with Gasteiger partial charge in [0, 0.05) is 31.3 Å². The summed E-state index contributed by atoms with van der Waals surface area (Å²) in [5, 5.41) is 21.8. The zero-order chi connectivity index (χ0) is 13.4. The Balaban J connectivity index is 1.89. The topological polar surface area (TPSA) is 82.0 Å². The molecule has 0 spiro atoms. The lowest BCUT2D eigenvalue weighted by Gasteiger charge is -2.37. The van der Waals surface area contributed by atoms with E-state index < -0.39 is 12.0 Å². The van der Waals surface area contributed by atoms with E-state index >= 15 is 0 Å². The first-order valence-electron chi connectivity index (χ1n) is 6.32. The maximum atomic E-state index is 11.3. The van der Waals surface area contributed by atoms with Gasteiger partial charge in [0.05, 0.1) is 6.04 Å². The number of hydrogen-bond donors (Lipinski definition) is 3. The van der Waals surface area contributed by atoms with Crippen molar-refractivity contribution in [2.45, 2.75) is 12.1 Å². The Labute approximate surface area is 110 Å². The number of carbonyl (C=O) groups is 1. The Morgan fingerprint density at radius 1 is 1.47 bits per heavy atom.